The Kier molecular flexibility index (Phi) is 4.55. The fourth-order valence-corrected chi connectivity index (χ4v) is 4.85. The third-order valence-corrected chi connectivity index (χ3v) is 6.15. The third-order valence-electron chi connectivity index (χ3n) is 5.17. The number of aromatic nitrogens is 3. The molecule has 4 rings (SSSR count). The lowest BCUT2D eigenvalue weighted by molar-refractivity contribution is -0.122. The van der Waals surface area contributed by atoms with Crippen molar-refractivity contribution in [3.8, 4) is 0 Å². The molecular formula is C19H25N5O2S. The Morgan fingerprint density at radius 3 is 2.81 bits per heavy atom. The molecule has 8 heteroatoms. The van der Waals surface area contributed by atoms with Crippen molar-refractivity contribution in [1.82, 2.24) is 19.5 Å². The molecule has 3 aromatic heterocycles. The van der Waals surface area contributed by atoms with Crippen molar-refractivity contribution in [1.29, 1.82) is 0 Å². The van der Waals surface area contributed by atoms with Gasteiger partial charge in [0.15, 0.2) is 0 Å². The molecule has 1 unspecified atom stereocenters. The van der Waals surface area contributed by atoms with Crippen LogP contribution in [0.15, 0.2) is 16.9 Å². The number of hydrogen-bond acceptors (Lipinski definition) is 5. The average molecular weight is 388 g/mol. The summed E-state index contributed by atoms with van der Waals surface area (Å²) >= 11 is 1.66. The van der Waals surface area contributed by atoms with E-state index in [1.807, 2.05) is 24.3 Å². The van der Waals surface area contributed by atoms with Crippen LogP contribution in [0.2, 0.25) is 0 Å². The van der Waals surface area contributed by atoms with Crippen LogP contribution in [0.25, 0.3) is 15.7 Å². The van der Waals surface area contributed by atoms with E-state index >= 15 is 0 Å². The first-order chi connectivity index (χ1) is 12.8. The quantitative estimate of drug-likeness (QED) is 0.717. The maximum atomic E-state index is 13.0. The molecule has 0 radical (unpaired) electrons. The summed E-state index contributed by atoms with van der Waals surface area (Å²) in [6.07, 6.45) is 2.60. The van der Waals surface area contributed by atoms with Gasteiger partial charge in [-0.15, -0.1) is 11.3 Å². The number of hydrogen-bond donors (Lipinski definition) is 2. The fraction of sp³-hybridized carbons (Fsp3) is 0.526. The average Bonchev–Trinajstić information content (AvgIpc) is 3.24. The van der Waals surface area contributed by atoms with Crippen LogP contribution in [0.4, 0.5) is 0 Å². The second kappa shape index (κ2) is 6.76. The SMILES string of the molecule is Cc1cc2c(cc3c(=O)n(CC(=O)NC4CC[C@@H](N)C4)nc(C(C)C)n32)s1. The van der Waals surface area contributed by atoms with Gasteiger partial charge < -0.3 is 11.1 Å². The number of nitrogens with two attached hydrogens (primary N) is 1. The van der Waals surface area contributed by atoms with E-state index in [2.05, 4.69) is 23.4 Å². The van der Waals surface area contributed by atoms with Crippen molar-refractivity contribution >= 4 is 33.0 Å². The molecule has 1 fully saturated rings. The first-order valence-electron chi connectivity index (χ1n) is 9.41. The smallest absolute Gasteiger partial charge is 0.291 e. The summed E-state index contributed by atoms with van der Waals surface area (Å²) in [4.78, 5) is 26.6. The zero-order chi connectivity index (χ0) is 19.3. The highest BCUT2D eigenvalue weighted by Crippen LogP contribution is 2.29. The molecule has 1 amide bonds. The number of amides is 1. The molecule has 0 aromatic carbocycles. The van der Waals surface area contributed by atoms with Crippen LogP contribution < -0.4 is 16.6 Å². The molecule has 3 heterocycles. The Labute approximate surface area is 161 Å². The van der Waals surface area contributed by atoms with E-state index in [0.717, 1.165) is 35.3 Å². The molecule has 144 valence electrons. The van der Waals surface area contributed by atoms with Gasteiger partial charge in [0.05, 0.1) is 10.2 Å². The topological polar surface area (TPSA) is 94.4 Å². The summed E-state index contributed by atoms with van der Waals surface area (Å²) in [7, 11) is 0. The monoisotopic (exact) mass is 387 g/mol. The maximum absolute atomic E-state index is 13.0. The van der Waals surface area contributed by atoms with Crippen molar-refractivity contribution in [2.75, 3.05) is 0 Å². The number of nitrogens with zero attached hydrogens (tertiary/aromatic N) is 3. The number of fused-ring (bicyclic) bond motifs is 3. The first-order valence-corrected chi connectivity index (χ1v) is 10.2. The molecule has 3 aromatic rings. The Hall–Kier alpha value is -2.19. The fourth-order valence-electron chi connectivity index (χ4n) is 3.90. The Bertz CT molecular complexity index is 1080. The largest absolute Gasteiger partial charge is 0.352 e. The Morgan fingerprint density at radius 1 is 1.37 bits per heavy atom. The van der Waals surface area contributed by atoms with Crippen molar-refractivity contribution in [2.45, 2.75) is 64.6 Å². The van der Waals surface area contributed by atoms with Gasteiger partial charge in [0.25, 0.3) is 5.56 Å². The lowest BCUT2D eigenvalue weighted by Gasteiger charge is -2.15. The number of carbonyl (C=O) groups excluding carboxylic acids is 1. The summed E-state index contributed by atoms with van der Waals surface area (Å²) in [6, 6.07) is 4.24. The number of rotatable bonds is 4. The molecule has 1 saturated carbocycles. The van der Waals surface area contributed by atoms with Gasteiger partial charge in [0.2, 0.25) is 5.91 Å². The minimum absolute atomic E-state index is 0.0708. The van der Waals surface area contributed by atoms with Gasteiger partial charge in [-0.05, 0) is 38.3 Å². The Balaban J connectivity index is 1.71. The summed E-state index contributed by atoms with van der Waals surface area (Å²) in [5.41, 5.74) is 7.26. The van der Waals surface area contributed by atoms with Crippen LogP contribution in [0, 0.1) is 6.92 Å². The molecule has 3 N–H and O–H groups in total. The minimum atomic E-state index is -0.237. The van der Waals surface area contributed by atoms with E-state index < -0.39 is 0 Å². The van der Waals surface area contributed by atoms with Gasteiger partial charge in [-0.25, -0.2) is 4.68 Å². The van der Waals surface area contributed by atoms with Gasteiger partial charge in [-0.2, -0.15) is 5.10 Å². The van der Waals surface area contributed by atoms with Crippen LogP contribution in [0.3, 0.4) is 0 Å². The Morgan fingerprint density at radius 2 is 2.15 bits per heavy atom. The second-order valence-electron chi connectivity index (χ2n) is 7.78. The van der Waals surface area contributed by atoms with E-state index in [-0.39, 0.29) is 36.0 Å². The normalized spacial score (nSPS) is 20.2. The highest BCUT2D eigenvalue weighted by Gasteiger charge is 2.24. The van der Waals surface area contributed by atoms with Gasteiger partial charge in [-0.1, -0.05) is 13.8 Å². The predicted molar refractivity (Wildman–Crippen MR) is 107 cm³/mol. The van der Waals surface area contributed by atoms with Crippen LogP contribution in [-0.2, 0) is 11.3 Å². The standard InChI is InChI=1S/C19H25N5O2S/c1-10(2)18-22-23(9-17(25)21-13-5-4-12(20)7-13)19(26)15-8-16-14(24(15)18)6-11(3)27-16/h6,8,10,12-13H,4-5,7,9,20H2,1-3H3,(H,21,25)/t12-,13?/m1/s1. The number of aryl methyl sites for hydroxylation is 1. The van der Waals surface area contributed by atoms with E-state index in [1.165, 1.54) is 9.56 Å². The third kappa shape index (κ3) is 3.27. The van der Waals surface area contributed by atoms with Crippen molar-refractivity contribution in [3.05, 3.63) is 33.2 Å². The lowest BCUT2D eigenvalue weighted by atomic mass is 10.2. The van der Waals surface area contributed by atoms with Gasteiger partial charge in [0, 0.05) is 22.9 Å². The molecule has 2 atom stereocenters. The molecule has 0 spiro atoms. The van der Waals surface area contributed by atoms with Crippen molar-refractivity contribution in [2.24, 2.45) is 5.73 Å². The first kappa shape index (κ1) is 18.2. The lowest BCUT2D eigenvalue weighted by Crippen LogP contribution is -2.39. The molecule has 0 saturated heterocycles. The molecular weight excluding hydrogens is 362 g/mol. The van der Waals surface area contributed by atoms with Crippen molar-refractivity contribution in [3.63, 3.8) is 0 Å². The number of nitrogens with one attached hydrogen (secondary N) is 1. The van der Waals surface area contributed by atoms with Gasteiger partial charge in [0.1, 0.15) is 17.9 Å². The highest BCUT2D eigenvalue weighted by molar-refractivity contribution is 7.19. The van der Waals surface area contributed by atoms with Gasteiger partial charge >= 0.3 is 0 Å². The highest BCUT2D eigenvalue weighted by atomic mass is 32.1. The molecule has 27 heavy (non-hydrogen) atoms. The second-order valence-corrected chi connectivity index (χ2v) is 9.07. The van der Waals surface area contributed by atoms with Crippen molar-refractivity contribution < 1.29 is 4.79 Å². The van der Waals surface area contributed by atoms with E-state index in [0.29, 0.717) is 5.52 Å². The minimum Gasteiger partial charge on any atom is -0.352 e. The van der Waals surface area contributed by atoms with Crippen LogP contribution in [-0.4, -0.2) is 32.2 Å². The number of carbonyl (C=O) groups is 1. The summed E-state index contributed by atoms with van der Waals surface area (Å²) in [5.74, 6) is 0.714. The summed E-state index contributed by atoms with van der Waals surface area (Å²) < 4.78 is 4.30. The predicted octanol–water partition coefficient (Wildman–Crippen LogP) is 2.14. The zero-order valence-electron chi connectivity index (χ0n) is 15.9. The summed E-state index contributed by atoms with van der Waals surface area (Å²) in [6.45, 7) is 6.07. The molecule has 0 aliphatic heterocycles. The van der Waals surface area contributed by atoms with Crippen LogP contribution >= 0.6 is 11.3 Å². The van der Waals surface area contributed by atoms with Gasteiger partial charge in [-0.3, -0.25) is 14.0 Å². The van der Waals surface area contributed by atoms with Crippen LogP contribution in [0.1, 0.15) is 49.7 Å². The maximum Gasteiger partial charge on any atom is 0.291 e. The summed E-state index contributed by atoms with van der Waals surface area (Å²) in [5, 5.41) is 7.53. The number of thiophene rings is 1. The van der Waals surface area contributed by atoms with E-state index in [1.54, 1.807) is 11.3 Å². The van der Waals surface area contributed by atoms with Crippen LogP contribution in [0.5, 0.6) is 0 Å². The zero-order valence-corrected chi connectivity index (χ0v) is 16.7. The van der Waals surface area contributed by atoms with E-state index in [9.17, 15) is 9.59 Å². The van der Waals surface area contributed by atoms with E-state index in [4.69, 9.17) is 5.73 Å². The molecule has 7 nitrogen and oxygen atoms in total. The molecule has 1 aliphatic rings. The molecule has 0 bridgehead atoms. The molecule has 1 aliphatic carbocycles.